The van der Waals surface area contributed by atoms with Gasteiger partial charge in [-0.05, 0) is 39.7 Å². The second-order valence-corrected chi connectivity index (χ2v) is 10.8. The molecular formula is C25H39N5OS2. The summed E-state index contributed by atoms with van der Waals surface area (Å²) in [5.41, 5.74) is 1.31. The van der Waals surface area contributed by atoms with Crippen LogP contribution >= 0.6 is 22.7 Å². The number of fused-ring (bicyclic) bond motifs is 1. The number of aromatic nitrogens is 2. The van der Waals surface area contributed by atoms with E-state index in [9.17, 15) is 4.79 Å². The van der Waals surface area contributed by atoms with Crippen molar-refractivity contribution in [2.45, 2.75) is 78.3 Å². The van der Waals surface area contributed by atoms with Crippen molar-refractivity contribution in [3.05, 3.63) is 26.7 Å². The van der Waals surface area contributed by atoms with E-state index in [2.05, 4.69) is 53.8 Å². The fourth-order valence-corrected chi connectivity index (χ4v) is 5.85. The fraction of sp³-hybridized carbons (Fsp3) is 0.640. The van der Waals surface area contributed by atoms with E-state index in [0.717, 1.165) is 42.4 Å². The summed E-state index contributed by atoms with van der Waals surface area (Å²) in [5, 5.41) is 5.33. The third kappa shape index (κ3) is 8.73. The minimum Gasteiger partial charge on any atom is -0.353 e. The molecule has 0 bridgehead atoms. The molecule has 33 heavy (non-hydrogen) atoms. The first-order valence-electron chi connectivity index (χ1n) is 11.9. The number of carbonyl (C=O) groups is 1. The molecule has 1 saturated carbocycles. The van der Waals surface area contributed by atoms with E-state index < -0.39 is 0 Å². The first-order chi connectivity index (χ1) is 16.0. The second kappa shape index (κ2) is 14.3. The molecule has 4 rings (SSSR count). The monoisotopic (exact) mass is 489 g/mol. The molecular weight excluding hydrogens is 450 g/mol. The van der Waals surface area contributed by atoms with Crippen molar-refractivity contribution in [2.24, 2.45) is 0 Å². The van der Waals surface area contributed by atoms with Crippen LogP contribution in [0, 0.1) is 19.8 Å². The third-order valence-electron chi connectivity index (χ3n) is 6.02. The summed E-state index contributed by atoms with van der Waals surface area (Å²) in [6, 6.07) is 0.412. The Kier molecular flexibility index (Phi) is 11.9. The predicted molar refractivity (Wildman–Crippen MR) is 141 cm³/mol. The van der Waals surface area contributed by atoms with Gasteiger partial charge in [0.2, 0.25) is 5.91 Å². The van der Waals surface area contributed by atoms with Crippen LogP contribution in [0.5, 0.6) is 0 Å². The molecule has 1 aliphatic heterocycles. The van der Waals surface area contributed by atoms with Gasteiger partial charge in [-0.2, -0.15) is 0 Å². The largest absolute Gasteiger partial charge is 0.353 e. The molecule has 2 aromatic rings. The molecule has 182 valence electrons. The lowest BCUT2D eigenvalue weighted by Gasteiger charge is -2.23. The smallest absolute Gasteiger partial charge is 0.225 e. The van der Waals surface area contributed by atoms with Crippen LogP contribution in [0.15, 0.2) is 6.20 Å². The van der Waals surface area contributed by atoms with Crippen molar-refractivity contribution in [1.82, 2.24) is 20.2 Å². The first kappa shape index (κ1) is 27.3. The zero-order valence-corrected chi connectivity index (χ0v) is 22.2. The van der Waals surface area contributed by atoms with Crippen molar-refractivity contribution >= 4 is 33.7 Å². The molecule has 2 aromatic heterocycles. The summed E-state index contributed by atoms with van der Waals surface area (Å²) in [7, 11) is 2.11. The van der Waals surface area contributed by atoms with Gasteiger partial charge in [0.25, 0.3) is 0 Å². The van der Waals surface area contributed by atoms with Gasteiger partial charge in [-0.3, -0.25) is 9.69 Å². The Bertz CT molecular complexity index is 869. The molecule has 0 saturated heterocycles. The van der Waals surface area contributed by atoms with E-state index in [1.807, 2.05) is 18.3 Å². The van der Waals surface area contributed by atoms with E-state index in [1.165, 1.54) is 47.9 Å². The molecule has 0 unspecified atom stereocenters. The summed E-state index contributed by atoms with van der Waals surface area (Å²) in [5.74, 6) is 0.149. The number of anilines is 1. The summed E-state index contributed by atoms with van der Waals surface area (Å²) in [6.45, 7) is 10.8. The Morgan fingerprint density at radius 2 is 1.97 bits per heavy atom. The van der Waals surface area contributed by atoms with E-state index in [1.54, 1.807) is 17.5 Å². The zero-order valence-electron chi connectivity index (χ0n) is 20.6. The number of hydrogen-bond donors (Lipinski definition) is 1. The van der Waals surface area contributed by atoms with Crippen molar-refractivity contribution in [3.8, 4) is 12.8 Å². The van der Waals surface area contributed by atoms with Gasteiger partial charge in [-0.1, -0.05) is 26.2 Å². The number of terminal acetylenes is 1. The highest BCUT2D eigenvalue weighted by Gasteiger charge is 2.20. The van der Waals surface area contributed by atoms with Gasteiger partial charge in [0.05, 0.1) is 17.1 Å². The van der Waals surface area contributed by atoms with Crippen LogP contribution in [0.3, 0.4) is 0 Å². The molecule has 1 N–H and O–H groups in total. The number of carbonyl (C=O) groups excluding carboxylic acids is 1. The fourth-order valence-electron chi connectivity index (χ4n) is 3.98. The normalized spacial score (nSPS) is 15.9. The highest BCUT2D eigenvalue weighted by molar-refractivity contribution is 7.15. The average Bonchev–Trinajstić information content (AvgIpc) is 3.46. The van der Waals surface area contributed by atoms with E-state index in [4.69, 9.17) is 4.98 Å². The molecule has 0 radical (unpaired) electrons. The van der Waals surface area contributed by atoms with Gasteiger partial charge in [0.15, 0.2) is 5.13 Å². The third-order valence-corrected chi connectivity index (χ3v) is 8.20. The minimum atomic E-state index is 0.149. The van der Waals surface area contributed by atoms with E-state index >= 15 is 0 Å². The lowest BCUT2D eigenvalue weighted by molar-refractivity contribution is -0.121. The summed E-state index contributed by atoms with van der Waals surface area (Å²) >= 11 is 3.47. The highest BCUT2D eigenvalue weighted by atomic mass is 32.1. The highest BCUT2D eigenvalue weighted by Crippen LogP contribution is 2.29. The lowest BCUT2D eigenvalue weighted by atomic mass is 9.95. The zero-order chi connectivity index (χ0) is 24.2. The van der Waals surface area contributed by atoms with Crippen LogP contribution in [0.2, 0.25) is 0 Å². The Hall–Kier alpha value is -1.95. The Morgan fingerprint density at radius 1 is 1.24 bits per heavy atom. The molecule has 1 aliphatic carbocycles. The number of nitrogens with one attached hydrogen (secondary N) is 1. The number of thiazole rings is 2. The summed E-state index contributed by atoms with van der Waals surface area (Å²) in [4.78, 5) is 27.9. The van der Waals surface area contributed by atoms with Crippen LogP contribution in [0.1, 0.15) is 66.4 Å². The molecule has 0 atom stereocenters. The van der Waals surface area contributed by atoms with Gasteiger partial charge in [0, 0.05) is 48.7 Å². The lowest BCUT2D eigenvalue weighted by Crippen LogP contribution is -2.36. The van der Waals surface area contributed by atoms with Crippen LogP contribution in [-0.4, -0.2) is 53.5 Å². The second-order valence-electron chi connectivity index (χ2n) is 8.42. The maximum atomic E-state index is 11.8. The van der Waals surface area contributed by atoms with Crippen molar-refractivity contribution in [1.29, 1.82) is 0 Å². The van der Waals surface area contributed by atoms with Gasteiger partial charge in [-0.25, -0.2) is 9.97 Å². The number of rotatable bonds is 6. The maximum Gasteiger partial charge on any atom is 0.225 e. The number of nitrogens with zero attached hydrogens (tertiary/aromatic N) is 4. The van der Waals surface area contributed by atoms with Crippen molar-refractivity contribution in [3.63, 3.8) is 0 Å². The summed E-state index contributed by atoms with van der Waals surface area (Å²) < 4.78 is 0. The number of amides is 1. The molecule has 1 amide bonds. The molecule has 6 nitrogen and oxygen atoms in total. The maximum absolute atomic E-state index is 11.8. The van der Waals surface area contributed by atoms with Crippen LogP contribution < -0.4 is 10.2 Å². The number of hydrogen-bond acceptors (Lipinski definition) is 7. The average molecular weight is 490 g/mol. The number of aryl methyl sites for hydroxylation is 1. The molecule has 0 aromatic carbocycles. The van der Waals surface area contributed by atoms with Gasteiger partial charge in [-0.15, -0.1) is 35.5 Å². The van der Waals surface area contributed by atoms with Crippen molar-refractivity contribution < 1.29 is 4.79 Å². The molecule has 3 heterocycles. The van der Waals surface area contributed by atoms with E-state index in [0.29, 0.717) is 12.5 Å². The molecule has 0 spiro atoms. The topological polar surface area (TPSA) is 61.4 Å². The SMILES string of the molecule is C#C.CCN1CCc2sc(N(C)CC)nc2C1.Cc1ncc(CC(=O)NC2CCCCC2)s1. The Morgan fingerprint density at radius 3 is 2.58 bits per heavy atom. The van der Waals surface area contributed by atoms with Crippen LogP contribution in [0.25, 0.3) is 0 Å². The Labute approximate surface area is 207 Å². The summed E-state index contributed by atoms with van der Waals surface area (Å²) in [6.07, 6.45) is 17.6. The van der Waals surface area contributed by atoms with Gasteiger partial charge < -0.3 is 10.2 Å². The standard InChI is InChI=1S/C12H18N2OS.C11H19N3S.C2H2/c1-9-13-8-11(16-9)7-12(15)14-10-5-3-2-4-6-10;1-4-13(3)11-12-9-8-14(5-2)7-6-10(9)15-11;1-2/h8,10H,2-7H2,1H3,(H,14,15);4-8H2,1-3H3;1-2H. The minimum absolute atomic E-state index is 0.149. The van der Waals surface area contributed by atoms with Gasteiger partial charge >= 0.3 is 0 Å². The van der Waals surface area contributed by atoms with Crippen LogP contribution in [0.4, 0.5) is 5.13 Å². The van der Waals surface area contributed by atoms with E-state index in [-0.39, 0.29) is 5.91 Å². The Balaban J connectivity index is 0.000000218. The molecule has 8 heteroatoms. The predicted octanol–water partition coefficient (Wildman–Crippen LogP) is 4.67. The quantitative estimate of drug-likeness (QED) is 0.598. The number of likely N-dealkylation sites (N-methyl/N-ethyl adjacent to an activating group) is 1. The first-order valence-corrected chi connectivity index (χ1v) is 13.6. The van der Waals surface area contributed by atoms with Crippen molar-refractivity contribution in [2.75, 3.05) is 31.6 Å². The molecule has 1 fully saturated rings. The van der Waals surface area contributed by atoms with Gasteiger partial charge in [0.1, 0.15) is 0 Å². The molecule has 2 aliphatic rings. The van der Waals surface area contributed by atoms with Crippen LogP contribution in [-0.2, 0) is 24.2 Å².